The van der Waals surface area contributed by atoms with Gasteiger partial charge in [-0.15, -0.1) is 0 Å². The third-order valence-corrected chi connectivity index (χ3v) is 3.20. The van der Waals surface area contributed by atoms with Gasteiger partial charge in [0.05, 0.1) is 10.4 Å². The van der Waals surface area contributed by atoms with Gasteiger partial charge >= 0.3 is 0 Å². The third kappa shape index (κ3) is 2.09. The summed E-state index contributed by atoms with van der Waals surface area (Å²) in [6.45, 7) is 0. The maximum absolute atomic E-state index is 12.0. The van der Waals surface area contributed by atoms with Crippen molar-refractivity contribution in [1.29, 1.82) is 0 Å². The predicted octanol–water partition coefficient (Wildman–Crippen LogP) is 3.70. The lowest BCUT2D eigenvalue weighted by atomic mass is 10.1. The van der Waals surface area contributed by atoms with Crippen LogP contribution in [-0.2, 0) is 0 Å². The van der Waals surface area contributed by atoms with Crippen molar-refractivity contribution in [3.63, 3.8) is 0 Å². The van der Waals surface area contributed by atoms with Gasteiger partial charge in [-0.05, 0) is 36.4 Å². The molecule has 19 heavy (non-hydrogen) atoms. The highest BCUT2D eigenvalue weighted by Crippen LogP contribution is 2.27. The summed E-state index contributed by atoms with van der Waals surface area (Å²) in [6.07, 6.45) is 0. The first-order valence-electron chi connectivity index (χ1n) is 5.73. The molecule has 0 bridgehead atoms. The average Bonchev–Trinajstić information content (AvgIpc) is 2.41. The van der Waals surface area contributed by atoms with Gasteiger partial charge in [0, 0.05) is 17.3 Å². The minimum atomic E-state index is -0.115. The Balaban J connectivity index is 2.29. The van der Waals surface area contributed by atoms with Crippen LogP contribution in [0, 0.1) is 0 Å². The van der Waals surface area contributed by atoms with Gasteiger partial charge in [-0.3, -0.25) is 4.79 Å². The molecule has 2 aromatic carbocycles. The normalized spacial score (nSPS) is 10.8. The van der Waals surface area contributed by atoms with Gasteiger partial charge in [0.2, 0.25) is 0 Å². The van der Waals surface area contributed by atoms with Crippen LogP contribution in [0.15, 0.2) is 57.7 Å². The van der Waals surface area contributed by atoms with Crippen LogP contribution < -0.4 is 11.2 Å². The summed E-state index contributed by atoms with van der Waals surface area (Å²) < 4.78 is 5.73. The van der Waals surface area contributed by atoms with E-state index in [1.807, 2.05) is 0 Å². The molecule has 0 saturated carbocycles. The molecule has 0 amide bonds. The number of halogens is 1. The zero-order chi connectivity index (χ0) is 13.4. The second-order valence-corrected chi connectivity index (χ2v) is 4.62. The Morgan fingerprint density at radius 2 is 1.79 bits per heavy atom. The molecule has 1 heterocycles. The first-order chi connectivity index (χ1) is 9.15. The summed E-state index contributed by atoms with van der Waals surface area (Å²) in [5.74, 6) is 0.477. The average molecular weight is 272 g/mol. The molecule has 0 unspecified atom stereocenters. The van der Waals surface area contributed by atoms with E-state index in [0.29, 0.717) is 27.4 Å². The van der Waals surface area contributed by atoms with Crippen molar-refractivity contribution in [1.82, 2.24) is 0 Å². The number of anilines is 1. The molecule has 4 heteroatoms. The fourth-order valence-electron chi connectivity index (χ4n) is 1.93. The van der Waals surface area contributed by atoms with Crippen LogP contribution in [0.1, 0.15) is 0 Å². The molecule has 0 aliphatic carbocycles. The highest BCUT2D eigenvalue weighted by molar-refractivity contribution is 6.34. The fourth-order valence-corrected chi connectivity index (χ4v) is 2.15. The monoisotopic (exact) mass is 271 g/mol. The van der Waals surface area contributed by atoms with Crippen molar-refractivity contribution in [2.45, 2.75) is 0 Å². The van der Waals surface area contributed by atoms with E-state index in [9.17, 15) is 4.79 Å². The highest BCUT2D eigenvalue weighted by Gasteiger charge is 2.09. The summed E-state index contributed by atoms with van der Waals surface area (Å²) in [4.78, 5) is 12.0. The molecule has 0 radical (unpaired) electrons. The molecule has 3 rings (SSSR count). The fraction of sp³-hybridized carbons (Fsp3) is 0. The SMILES string of the molecule is Nc1ccc(-c2cc(=O)c3cccc(Cl)c3o2)cc1. The Bertz CT molecular complexity index is 806. The zero-order valence-electron chi connectivity index (χ0n) is 9.89. The van der Waals surface area contributed by atoms with Gasteiger partial charge in [0.15, 0.2) is 11.0 Å². The van der Waals surface area contributed by atoms with Crippen LogP contribution >= 0.6 is 11.6 Å². The molecule has 0 aliphatic rings. The number of hydrogen-bond donors (Lipinski definition) is 1. The van der Waals surface area contributed by atoms with Gasteiger partial charge < -0.3 is 10.2 Å². The Labute approximate surface area is 114 Å². The van der Waals surface area contributed by atoms with E-state index in [1.165, 1.54) is 6.07 Å². The Kier molecular flexibility index (Phi) is 2.76. The van der Waals surface area contributed by atoms with Crippen LogP contribution in [0.5, 0.6) is 0 Å². The zero-order valence-corrected chi connectivity index (χ0v) is 10.6. The van der Waals surface area contributed by atoms with Crippen molar-refractivity contribution in [2.75, 3.05) is 5.73 Å². The Hall–Kier alpha value is -2.26. The largest absolute Gasteiger partial charge is 0.454 e. The van der Waals surface area contributed by atoms with Crippen LogP contribution in [0.3, 0.4) is 0 Å². The van der Waals surface area contributed by atoms with Crippen LogP contribution in [0.4, 0.5) is 5.69 Å². The van der Waals surface area contributed by atoms with E-state index in [1.54, 1.807) is 42.5 Å². The van der Waals surface area contributed by atoms with E-state index in [4.69, 9.17) is 21.8 Å². The van der Waals surface area contributed by atoms with Gasteiger partial charge in [-0.1, -0.05) is 17.7 Å². The number of fused-ring (bicyclic) bond motifs is 1. The van der Waals surface area contributed by atoms with Crippen molar-refractivity contribution in [2.24, 2.45) is 0 Å². The highest BCUT2D eigenvalue weighted by atomic mass is 35.5. The van der Waals surface area contributed by atoms with E-state index in [2.05, 4.69) is 0 Å². The maximum atomic E-state index is 12.0. The smallest absolute Gasteiger partial charge is 0.193 e. The maximum Gasteiger partial charge on any atom is 0.193 e. The molecular weight excluding hydrogens is 262 g/mol. The molecule has 3 nitrogen and oxygen atoms in total. The van der Waals surface area contributed by atoms with E-state index < -0.39 is 0 Å². The topological polar surface area (TPSA) is 56.2 Å². The van der Waals surface area contributed by atoms with Crippen LogP contribution in [0.25, 0.3) is 22.3 Å². The molecule has 1 aromatic heterocycles. The number of nitrogens with two attached hydrogens (primary N) is 1. The molecule has 0 spiro atoms. The summed E-state index contributed by atoms with van der Waals surface area (Å²) in [7, 11) is 0. The van der Waals surface area contributed by atoms with E-state index >= 15 is 0 Å². The molecule has 0 aliphatic heterocycles. The van der Waals surface area contributed by atoms with Gasteiger partial charge in [-0.2, -0.15) is 0 Å². The summed E-state index contributed by atoms with van der Waals surface area (Å²) in [5, 5.41) is 0.901. The lowest BCUT2D eigenvalue weighted by molar-refractivity contribution is 0.619. The van der Waals surface area contributed by atoms with Crippen molar-refractivity contribution in [3.8, 4) is 11.3 Å². The Morgan fingerprint density at radius 1 is 1.05 bits per heavy atom. The summed E-state index contributed by atoms with van der Waals surface area (Å²) >= 11 is 6.06. The number of benzene rings is 2. The number of hydrogen-bond acceptors (Lipinski definition) is 3. The standard InChI is InChI=1S/C15H10ClNO2/c16-12-3-1-2-11-13(18)8-14(19-15(11)12)9-4-6-10(17)7-5-9/h1-8H,17H2. The summed E-state index contributed by atoms with van der Waals surface area (Å²) in [5.41, 5.74) is 7.37. The lowest BCUT2D eigenvalue weighted by Crippen LogP contribution is -2.00. The predicted molar refractivity (Wildman–Crippen MR) is 77.3 cm³/mol. The second kappa shape index (κ2) is 4.44. The Morgan fingerprint density at radius 3 is 2.53 bits per heavy atom. The number of nitrogen functional groups attached to an aromatic ring is 1. The van der Waals surface area contributed by atoms with E-state index in [0.717, 1.165) is 5.56 Å². The van der Waals surface area contributed by atoms with Crippen LogP contribution in [-0.4, -0.2) is 0 Å². The van der Waals surface area contributed by atoms with Gasteiger partial charge in [0.1, 0.15) is 5.76 Å². The lowest BCUT2D eigenvalue weighted by Gasteiger charge is -2.04. The molecule has 2 N–H and O–H groups in total. The minimum Gasteiger partial charge on any atom is -0.454 e. The molecule has 0 atom stereocenters. The van der Waals surface area contributed by atoms with Crippen molar-refractivity contribution >= 4 is 28.3 Å². The first kappa shape index (κ1) is 11.8. The number of para-hydroxylation sites is 1. The molecule has 94 valence electrons. The molecular formula is C15H10ClNO2. The van der Waals surface area contributed by atoms with Gasteiger partial charge in [-0.25, -0.2) is 0 Å². The first-order valence-corrected chi connectivity index (χ1v) is 6.11. The molecule has 0 fully saturated rings. The third-order valence-electron chi connectivity index (χ3n) is 2.90. The molecule has 0 saturated heterocycles. The van der Waals surface area contributed by atoms with Gasteiger partial charge in [0.25, 0.3) is 0 Å². The summed E-state index contributed by atoms with van der Waals surface area (Å²) in [6, 6.07) is 13.7. The quantitative estimate of drug-likeness (QED) is 0.687. The van der Waals surface area contributed by atoms with Crippen molar-refractivity contribution in [3.05, 3.63) is 63.8 Å². The number of rotatable bonds is 1. The second-order valence-electron chi connectivity index (χ2n) is 4.21. The van der Waals surface area contributed by atoms with Crippen LogP contribution in [0.2, 0.25) is 5.02 Å². The minimum absolute atomic E-state index is 0.115. The molecule has 3 aromatic rings. The van der Waals surface area contributed by atoms with Crippen molar-refractivity contribution < 1.29 is 4.42 Å². The van der Waals surface area contributed by atoms with E-state index in [-0.39, 0.29) is 5.43 Å².